The Balaban J connectivity index is 2.09. The molecule has 0 aliphatic carbocycles. The summed E-state index contributed by atoms with van der Waals surface area (Å²) in [5, 5.41) is 10.1. The molecule has 0 aromatic heterocycles. The number of aliphatic hydroxyl groups is 1. The molecule has 2 nitrogen and oxygen atoms in total. The highest BCUT2D eigenvalue weighted by atomic mass is 32.2. The highest BCUT2D eigenvalue weighted by molar-refractivity contribution is 7.86. The molecule has 7 heteroatoms. The van der Waals surface area contributed by atoms with Crippen molar-refractivity contribution in [3.8, 4) is 0 Å². The molecule has 0 spiro atoms. The van der Waals surface area contributed by atoms with Crippen LogP contribution in [0.15, 0.2) is 18.2 Å². The van der Waals surface area contributed by atoms with Crippen LogP contribution in [0.4, 0.5) is 17.6 Å². The first-order valence-electron chi connectivity index (χ1n) is 6.70. The molecule has 1 aromatic rings. The van der Waals surface area contributed by atoms with Gasteiger partial charge in [-0.2, -0.15) is 13.2 Å². The fraction of sp³-hybridized carbons (Fsp3) is 0.571. The Morgan fingerprint density at radius 1 is 1.19 bits per heavy atom. The summed E-state index contributed by atoms with van der Waals surface area (Å²) in [5.74, 6) is -1.38. The van der Waals surface area contributed by atoms with Gasteiger partial charge < -0.3 is 5.11 Å². The quantitative estimate of drug-likeness (QED) is 0.807. The molecule has 2 fully saturated rings. The average Bonchev–Trinajstić information content (AvgIpc) is 2.60. The predicted molar refractivity (Wildman–Crippen MR) is 69.5 cm³/mol. The van der Waals surface area contributed by atoms with Crippen molar-refractivity contribution >= 4 is 10.8 Å². The van der Waals surface area contributed by atoms with Crippen LogP contribution in [0.25, 0.3) is 0 Å². The zero-order chi connectivity index (χ0) is 15.4. The second-order valence-corrected chi connectivity index (χ2v) is 7.74. The van der Waals surface area contributed by atoms with Gasteiger partial charge in [-0.3, -0.25) is 4.21 Å². The number of alkyl halides is 3. The molecule has 21 heavy (non-hydrogen) atoms. The Bertz CT molecular complexity index is 583. The highest BCUT2D eigenvalue weighted by Gasteiger charge is 2.51. The molecule has 0 radical (unpaired) electrons. The largest absolute Gasteiger partial charge is 0.419 e. The van der Waals surface area contributed by atoms with E-state index in [9.17, 15) is 26.9 Å². The number of hydrogen-bond donors (Lipinski definition) is 1. The van der Waals surface area contributed by atoms with Gasteiger partial charge in [0, 0.05) is 21.3 Å². The van der Waals surface area contributed by atoms with E-state index in [4.69, 9.17) is 0 Å². The zero-order valence-corrected chi connectivity index (χ0v) is 11.8. The summed E-state index contributed by atoms with van der Waals surface area (Å²) in [5.41, 5.74) is -3.59. The van der Waals surface area contributed by atoms with E-state index in [2.05, 4.69) is 0 Å². The molecular formula is C14H14F4O2S. The minimum atomic E-state index is -4.87. The van der Waals surface area contributed by atoms with Crippen LogP contribution in [0.3, 0.4) is 0 Å². The Hall–Kier alpha value is -0.950. The predicted octanol–water partition coefficient (Wildman–Crippen LogP) is 3.11. The first-order chi connectivity index (χ1) is 9.72. The van der Waals surface area contributed by atoms with Gasteiger partial charge in [0.15, 0.2) is 0 Å². The molecule has 2 atom stereocenters. The number of fused-ring (bicyclic) bond motifs is 2. The van der Waals surface area contributed by atoms with E-state index in [0.717, 1.165) is 12.1 Å². The van der Waals surface area contributed by atoms with Crippen molar-refractivity contribution in [1.29, 1.82) is 0 Å². The van der Waals surface area contributed by atoms with Crippen LogP contribution in [0, 0.1) is 5.82 Å². The van der Waals surface area contributed by atoms with Crippen LogP contribution in [0.5, 0.6) is 0 Å². The fourth-order valence-corrected chi connectivity index (χ4v) is 5.66. The molecule has 2 bridgehead atoms. The Morgan fingerprint density at radius 3 is 2.29 bits per heavy atom. The summed E-state index contributed by atoms with van der Waals surface area (Å²) in [6.07, 6.45) is -3.62. The third-order valence-corrected chi connectivity index (χ3v) is 6.52. The van der Waals surface area contributed by atoms with Gasteiger partial charge in [-0.15, -0.1) is 0 Å². The van der Waals surface area contributed by atoms with Crippen molar-refractivity contribution in [2.24, 2.45) is 0 Å². The molecule has 1 aromatic carbocycles. The van der Waals surface area contributed by atoms with Crippen LogP contribution in [-0.2, 0) is 22.6 Å². The zero-order valence-electron chi connectivity index (χ0n) is 11.0. The molecule has 2 aliphatic rings. The average molecular weight is 322 g/mol. The van der Waals surface area contributed by atoms with Gasteiger partial charge in [0.25, 0.3) is 0 Å². The monoisotopic (exact) mass is 322 g/mol. The first kappa shape index (κ1) is 15.0. The molecule has 1 N–H and O–H groups in total. The maximum atomic E-state index is 13.7. The van der Waals surface area contributed by atoms with E-state index in [1.165, 1.54) is 6.07 Å². The van der Waals surface area contributed by atoms with Gasteiger partial charge in [0.05, 0.1) is 11.2 Å². The van der Waals surface area contributed by atoms with Gasteiger partial charge in [-0.05, 0) is 37.3 Å². The molecule has 0 saturated carbocycles. The van der Waals surface area contributed by atoms with Gasteiger partial charge in [0.2, 0.25) is 0 Å². The lowest BCUT2D eigenvalue weighted by Gasteiger charge is -2.37. The summed E-state index contributed by atoms with van der Waals surface area (Å²) in [6.45, 7) is 0. The Kier molecular flexibility index (Phi) is 3.40. The van der Waals surface area contributed by atoms with Crippen molar-refractivity contribution < 1.29 is 26.9 Å². The van der Waals surface area contributed by atoms with Crippen LogP contribution in [0.2, 0.25) is 0 Å². The second-order valence-electron chi connectivity index (χ2n) is 5.75. The van der Waals surface area contributed by atoms with Gasteiger partial charge in [-0.1, -0.05) is 12.1 Å². The van der Waals surface area contributed by atoms with E-state index >= 15 is 0 Å². The Labute approximate surface area is 121 Å². The van der Waals surface area contributed by atoms with E-state index in [-0.39, 0.29) is 23.3 Å². The maximum absolute atomic E-state index is 13.7. The van der Waals surface area contributed by atoms with E-state index < -0.39 is 39.5 Å². The molecule has 2 saturated heterocycles. The SMILES string of the molecule is O=S1C2CCC1CC(O)(c1cccc(F)c1C(F)(F)F)C2. The summed E-state index contributed by atoms with van der Waals surface area (Å²) in [4.78, 5) is 0. The van der Waals surface area contributed by atoms with Crippen LogP contribution in [0.1, 0.15) is 36.8 Å². The third-order valence-electron chi connectivity index (χ3n) is 4.40. The fourth-order valence-electron chi connectivity index (χ4n) is 3.50. The molecule has 2 unspecified atom stereocenters. The number of benzene rings is 1. The number of rotatable bonds is 1. The lowest BCUT2D eigenvalue weighted by molar-refractivity contribution is -0.143. The number of halogens is 4. The Morgan fingerprint density at radius 2 is 1.76 bits per heavy atom. The van der Waals surface area contributed by atoms with Crippen LogP contribution < -0.4 is 0 Å². The molecule has 0 amide bonds. The highest BCUT2D eigenvalue weighted by Crippen LogP contribution is 2.49. The van der Waals surface area contributed by atoms with Crippen molar-refractivity contribution in [1.82, 2.24) is 0 Å². The third kappa shape index (κ3) is 2.40. The minimum Gasteiger partial charge on any atom is -0.385 e. The van der Waals surface area contributed by atoms with E-state index in [1.54, 1.807) is 0 Å². The minimum absolute atomic E-state index is 0.0113. The number of hydrogen-bond acceptors (Lipinski definition) is 2. The van der Waals surface area contributed by atoms with Crippen LogP contribution in [-0.4, -0.2) is 19.8 Å². The van der Waals surface area contributed by atoms with E-state index in [0.29, 0.717) is 12.8 Å². The standard InChI is InChI=1S/C14H14F4O2S/c15-11-3-1-2-10(12(11)14(16,17)18)13(19)6-8-4-5-9(7-13)21(8)20/h1-3,8-9,19H,4-7H2. The van der Waals surface area contributed by atoms with Gasteiger partial charge in [-0.25, -0.2) is 4.39 Å². The van der Waals surface area contributed by atoms with Crippen molar-refractivity contribution in [3.05, 3.63) is 35.1 Å². The van der Waals surface area contributed by atoms with Crippen molar-refractivity contribution in [2.45, 2.75) is 48.0 Å². The molecule has 3 rings (SSSR count). The topological polar surface area (TPSA) is 37.3 Å². The molecule has 116 valence electrons. The van der Waals surface area contributed by atoms with Crippen molar-refractivity contribution in [2.75, 3.05) is 0 Å². The van der Waals surface area contributed by atoms with Crippen LogP contribution >= 0.6 is 0 Å². The molecule has 2 aliphatic heterocycles. The van der Waals surface area contributed by atoms with Gasteiger partial charge in [0.1, 0.15) is 5.82 Å². The summed E-state index contributed by atoms with van der Waals surface area (Å²) >= 11 is 0. The van der Waals surface area contributed by atoms with Crippen molar-refractivity contribution in [3.63, 3.8) is 0 Å². The normalized spacial score (nSPS) is 36.0. The molecular weight excluding hydrogens is 308 g/mol. The summed E-state index contributed by atoms with van der Waals surface area (Å²) < 4.78 is 65.0. The smallest absolute Gasteiger partial charge is 0.385 e. The second kappa shape index (κ2) is 4.78. The van der Waals surface area contributed by atoms with E-state index in [1.807, 2.05) is 0 Å². The lowest BCUT2D eigenvalue weighted by Crippen LogP contribution is -2.41. The lowest BCUT2D eigenvalue weighted by atomic mass is 9.82. The summed E-state index contributed by atoms with van der Waals surface area (Å²) in [7, 11) is -1.11. The maximum Gasteiger partial charge on any atom is 0.419 e. The summed E-state index contributed by atoms with van der Waals surface area (Å²) in [6, 6.07) is 3.04. The first-order valence-corrected chi connectivity index (χ1v) is 7.98. The molecule has 2 heterocycles. The van der Waals surface area contributed by atoms with Gasteiger partial charge >= 0.3 is 6.18 Å².